The Morgan fingerprint density at radius 2 is 2.00 bits per heavy atom. The molecule has 88 valence electrons. The Labute approximate surface area is 98.6 Å². The van der Waals surface area contributed by atoms with Crippen LogP contribution in [0.15, 0.2) is 24.3 Å². The fourth-order valence-electron chi connectivity index (χ4n) is 4.12. The van der Waals surface area contributed by atoms with E-state index < -0.39 is 0 Å². The second-order valence-electron chi connectivity index (χ2n) is 6.92. The monoisotopic (exact) mass is 218 g/mol. The molecule has 0 N–H and O–H groups in total. The topological polar surface area (TPSA) is 12.5 Å². The van der Waals surface area contributed by atoms with Crippen LogP contribution in [0.4, 0.5) is 0 Å². The van der Waals surface area contributed by atoms with E-state index in [2.05, 4.69) is 39.5 Å². The number of epoxide rings is 1. The SMILES string of the molecule is C=C(C)/C=C/C12OC1(C)CC(C)(C)C1CC12. The van der Waals surface area contributed by atoms with E-state index in [0.29, 0.717) is 5.41 Å². The molecule has 4 unspecified atom stereocenters. The molecule has 1 aliphatic heterocycles. The molecule has 0 amide bonds. The zero-order chi connectivity index (χ0) is 11.8. The van der Waals surface area contributed by atoms with Crippen LogP contribution in [0.2, 0.25) is 0 Å². The van der Waals surface area contributed by atoms with E-state index in [1.54, 1.807) is 0 Å². The van der Waals surface area contributed by atoms with Crippen LogP contribution in [-0.2, 0) is 4.74 Å². The summed E-state index contributed by atoms with van der Waals surface area (Å²) in [6.07, 6.45) is 6.97. The molecule has 0 spiro atoms. The molecular weight excluding hydrogens is 196 g/mol. The average molecular weight is 218 g/mol. The van der Waals surface area contributed by atoms with E-state index in [-0.39, 0.29) is 11.2 Å². The van der Waals surface area contributed by atoms with Gasteiger partial charge in [0.15, 0.2) is 0 Å². The first-order valence-electron chi connectivity index (χ1n) is 6.36. The number of hydrogen-bond acceptors (Lipinski definition) is 1. The van der Waals surface area contributed by atoms with Crippen LogP contribution in [0.5, 0.6) is 0 Å². The standard InChI is InChI=1S/C15H22O/c1-10(2)6-7-15-12-8-11(12)13(3,4)9-14(15,5)16-15/h6-7,11-12H,1,8-9H2,2-5H3/b7-6+. The number of ether oxygens (including phenoxy) is 1. The van der Waals surface area contributed by atoms with Crippen LogP contribution in [0.25, 0.3) is 0 Å². The molecule has 1 heteroatoms. The van der Waals surface area contributed by atoms with Gasteiger partial charge in [-0.15, -0.1) is 0 Å². The summed E-state index contributed by atoms with van der Waals surface area (Å²) in [6.45, 7) is 13.1. The van der Waals surface area contributed by atoms with Crippen LogP contribution < -0.4 is 0 Å². The summed E-state index contributed by atoms with van der Waals surface area (Å²) in [5, 5.41) is 0. The highest BCUT2D eigenvalue weighted by Crippen LogP contribution is 2.75. The zero-order valence-corrected chi connectivity index (χ0v) is 10.8. The largest absolute Gasteiger partial charge is 0.358 e. The lowest BCUT2D eigenvalue weighted by Gasteiger charge is -2.33. The van der Waals surface area contributed by atoms with Crippen molar-refractivity contribution < 1.29 is 4.74 Å². The lowest BCUT2D eigenvalue weighted by atomic mass is 9.68. The van der Waals surface area contributed by atoms with Gasteiger partial charge >= 0.3 is 0 Å². The third-order valence-electron chi connectivity index (χ3n) is 4.93. The van der Waals surface area contributed by atoms with Crippen molar-refractivity contribution >= 4 is 0 Å². The third-order valence-corrected chi connectivity index (χ3v) is 4.93. The maximum Gasteiger partial charge on any atom is 0.119 e. The minimum atomic E-state index is 0.0616. The lowest BCUT2D eigenvalue weighted by molar-refractivity contribution is 0.185. The molecule has 2 aliphatic carbocycles. The summed E-state index contributed by atoms with van der Waals surface area (Å²) in [6, 6.07) is 0. The van der Waals surface area contributed by atoms with E-state index >= 15 is 0 Å². The number of allylic oxidation sites excluding steroid dienone is 2. The van der Waals surface area contributed by atoms with E-state index in [9.17, 15) is 0 Å². The molecule has 0 aromatic carbocycles. The molecule has 3 fully saturated rings. The molecule has 0 aromatic rings. The zero-order valence-electron chi connectivity index (χ0n) is 10.8. The van der Waals surface area contributed by atoms with Gasteiger partial charge in [0.25, 0.3) is 0 Å². The summed E-state index contributed by atoms with van der Waals surface area (Å²) in [5.41, 5.74) is 1.75. The number of hydrogen-bond donors (Lipinski definition) is 0. The smallest absolute Gasteiger partial charge is 0.119 e. The van der Waals surface area contributed by atoms with E-state index in [1.807, 2.05) is 6.92 Å². The van der Waals surface area contributed by atoms with Gasteiger partial charge in [0, 0.05) is 0 Å². The molecular formula is C15H22O. The van der Waals surface area contributed by atoms with Gasteiger partial charge in [-0.3, -0.25) is 0 Å². The maximum absolute atomic E-state index is 6.16. The van der Waals surface area contributed by atoms with Gasteiger partial charge in [0.1, 0.15) is 11.2 Å². The van der Waals surface area contributed by atoms with Gasteiger partial charge in [-0.25, -0.2) is 0 Å². The Kier molecular flexibility index (Phi) is 1.75. The summed E-state index contributed by atoms with van der Waals surface area (Å²) < 4.78 is 6.16. The van der Waals surface area contributed by atoms with Crippen molar-refractivity contribution in [2.24, 2.45) is 17.3 Å². The maximum atomic E-state index is 6.16. The Morgan fingerprint density at radius 3 is 2.62 bits per heavy atom. The molecule has 0 radical (unpaired) electrons. The highest BCUT2D eigenvalue weighted by molar-refractivity contribution is 5.37. The average Bonchev–Trinajstić information content (AvgIpc) is 2.94. The highest BCUT2D eigenvalue weighted by Gasteiger charge is 2.80. The Bertz CT molecular complexity index is 392. The van der Waals surface area contributed by atoms with Crippen LogP contribution in [-0.4, -0.2) is 11.2 Å². The van der Waals surface area contributed by atoms with Crippen LogP contribution >= 0.6 is 0 Å². The molecule has 4 atom stereocenters. The first kappa shape index (κ1) is 10.6. The van der Waals surface area contributed by atoms with Gasteiger partial charge in [-0.1, -0.05) is 32.1 Å². The van der Waals surface area contributed by atoms with Crippen molar-refractivity contribution in [3.8, 4) is 0 Å². The third kappa shape index (κ3) is 1.15. The van der Waals surface area contributed by atoms with Gasteiger partial charge in [0.05, 0.1) is 0 Å². The predicted molar refractivity (Wildman–Crippen MR) is 66.2 cm³/mol. The second-order valence-corrected chi connectivity index (χ2v) is 6.92. The Hall–Kier alpha value is -0.560. The van der Waals surface area contributed by atoms with E-state index in [1.165, 1.54) is 12.8 Å². The highest BCUT2D eigenvalue weighted by atomic mass is 16.6. The normalized spacial score (nSPS) is 52.0. The molecule has 0 bridgehead atoms. The summed E-state index contributed by atoms with van der Waals surface area (Å²) in [5.74, 6) is 1.63. The number of rotatable bonds is 2. The minimum absolute atomic E-state index is 0.0616. The van der Waals surface area contributed by atoms with Crippen molar-refractivity contribution in [2.75, 3.05) is 0 Å². The van der Waals surface area contributed by atoms with Crippen molar-refractivity contribution in [3.63, 3.8) is 0 Å². The lowest BCUT2D eigenvalue weighted by Crippen LogP contribution is -2.37. The molecule has 0 aromatic heterocycles. The Morgan fingerprint density at radius 1 is 1.31 bits per heavy atom. The molecule has 1 saturated heterocycles. The molecule has 3 aliphatic rings. The van der Waals surface area contributed by atoms with Crippen LogP contribution in [0, 0.1) is 17.3 Å². The summed E-state index contributed by atoms with van der Waals surface area (Å²) in [4.78, 5) is 0. The fraction of sp³-hybridized carbons (Fsp3) is 0.733. The van der Waals surface area contributed by atoms with Crippen molar-refractivity contribution in [3.05, 3.63) is 24.3 Å². The molecule has 3 rings (SSSR count). The van der Waals surface area contributed by atoms with E-state index in [4.69, 9.17) is 4.74 Å². The first-order valence-corrected chi connectivity index (χ1v) is 6.36. The molecule has 1 heterocycles. The van der Waals surface area contributed by atoms with Crippen molar-refractivity contribution in [1.29, 1.82) is 0 Å². The number of fused-ring (bicyclic) bond motifs is 3. The van der Waals surface area contributed by atoms with Gasteiger partial charge in [0.2, 0.25) is 0 Å². The quantitative estimate of drug-likeness (QED) is 0.508. The van der Waals surface area contributed by atoms with Gasteiger partial charge in [-0.2, -0.15) is 0 Å². The first-order chi connectivity index (χ1) is 7.31. The summed E-state index contributed by atoms with van der Waals surface area (Å²) in [7, 11) is 0. The molecule has 2 saturated carbocycles. The van der Waals surface area contributed by atoms with Gasteiger partial charge in [-0.05, 0) is 50.0 Å². The summed E-state index contributed by atoms with van der Waals surface area (Å²) >= 11 is 0. The fourth-order valence-corrected chi connectivity index (χ4v) is 4.12. The van der Waals surface area contributed by atoms with Crippen LogP contribution in [0.1, 0.15) is 40.5 Å². The van der Waals surface area contributed by atoms with Crippen molar-refractivity contribution in [1.82, 2.24) is 0 Å². The van der Waals surface area contributed by atoms with Crippen molar-refractivity contribution in [2.45, 2.75) is 51.7 Å². The predicted octanol–water partition coefficient (Wildman–Crippen LogP) is 3.71. The van der Waals surface area contributed by atoms with E-state index in [0.717, 1.165) is 17.4 Å². The second kappa shape index (κ2) is 2.64. The van der Waals surface area contributed by atoms with Crippen LogP contribution in [0.3, 0.4) is 0 Å². The minimum Gasteiger partial charge on any atom is -0.358 e. The molecule has 1 nitrogen and oxygen atoms in total. The molecule has 16 heavy (non-hydrogen) atoms. The Balaban J connectivity index is 1.89. The van der Waals surface area contributed by atoms with Gasteiger partial charge < -0.3 is 4.74 Å².